The van der Waals surface area contributed by atoms with Crippen LogP contribution in [0.25, 0.3) is 0 Å². The highest BCUT2D eigenvalue weighted by molar-refractivity contribution is 5.40. The van der Waals surface area contributed by atoms with E-state index in [-0.39, 0.29) is 0 Å². The third kappa shape index (κ3) is 1.78. The fourth-order valence-electron chi connectivity index (χ4n) is 2.48. The third-order valence-electron chi connectivity index (χ3n) is 3.36. The molecule has 0 saturated carbocycles. The molecule has 1 unspecified atom stereocenters. The van der Waals surface area contributed by atoms with E-state index in [2.05, 4.69) is 45.6 Å². The van der Waals surface area contributed by atoms with Gasteiger partial charge in [-0.1, -0.05) is 30.3 Å². The van der Waals surface area contributed by atoms with Gasteiger partial charge >= 0.3 is 0 Å². The number of hydrogen-bond donors (Lipinski definition) is 1. The second-order valence-electron chi connectivity index (χ2n) is 4.36. The molecule has 0 amide bonds. The van der Waals surface area contributed by atoms with Gasteiger partial charge in [-0.05, 0) is 24.0 Å². The summed E-state index contributed by atoms with van der Waals surface area (Å²) in [6.45, 7) is 0. The predicted octanol–water partition coefficient (Wildman–Crippen LogP) is 2.60. The van der Waals surface area contributed by atoms with Crippen molar-refractivity contribution in [2.45, 2.75) is 18.8 Å². The summed E-state index contributed by atoms with van der Waals surface area (Å²) in [5, 5.41) is 3.01. The fraction of sp³-hybridized carbons (Fsp3) is 0.286. The Morgan fingerprint density at radius 3 is 2.82 bits per heavy atom. The highest BCUT2D eigenvalue weighted by Crippen LogP contribution is 2.36. The van der Waals surface area contributed by atoms with E-state index in [1.165, 1.54) is 16.8 Å². The molecule has 0 radical (unpaired) electrons. The summed E-state index contributed by atoms with van der Waals surface area (Å²) in [6.07, 6.45) is 4.18. The zero-order valence-corrected chi connectivity index (χ0v) is 9.85. The van der Waals surface area contributed by atoms with Gasteiger partial charge in [0.1, 0.15) is 0 Å². The quantitative estimate of drug-likeness (QED) is 0.853. The predicted molar refractivity (Wildman–Crippen MR) is 68.2 cm³/mol. The van der Waals surface area contributed by atoms with E-state index < -0.39 is 0 Å². The van der Waals surface area contributed by atoms with Crippen molar-refractivity contribution >= 4 is 5.95 Å². The Hall–Kier alpha value is -1.90. The summed E-state index contributed by atoms with van der Waals surface area (Å²) in [5.74, 6) is 1.15. The first-order valence-corrected chi connectivity index (χ1v) is 5.97. The zero-order valence-electron chi connectivity index (χ0n) is 9.85. The first-order valence-electron chi connectivity index (χ1n) is 5.97. The van der Waals surface area contributed by atoms with Crippen molar-refractivity contribution in [2.24, 2.45) is 0 Å². The van der Waals surface area contributed by atoms with E-state index in [0.29, 0.717) is 11.9 Å². The van der Waals surface area contributed by atoms with Crippen LogP contribution in [0.15, 0.2) is 36.5 Å². The van der Waals surface area contributed by atoms with E-state index >= 15 is 0 Å². The number of anilines is 1. The molecule has 0 saturated heterocycles. The van der Waals surface area contributed by atoms with Crippen molar-refractivity contribution in [3.63, 3.8) is 0 Å². The minimum Gasteiger partial charge on any atom is -0.357 e. The van der Waals surface area contributed by atoms with Crippen LogP contribution in [0, 0.1) is 0 Å². The third-order valence-corrected chi connectivity index (χ3v) is 3.36. The molecule has 0 spiro atoms. The molecule has 2 aromatic rings. The number of aryl methyl sites for hydroxylation is 1. The first kappa shape index (κ1) is 10.3. The van der Waals surface area contributed by atoms with Crippen molar-refractivity contribution in [1.82, 2.24) is 9.97 Å². The number of hydrogen-bond acceptors (Lipinski definition) is 3. The maximum Gasteiger partial charge on any atom is 0.222 e. The summed E-state index contributed by atoms with van der Waals surface area (Å²) < 4.78 is 0. The molecule has 1 N–H and O–H groups in total. The summed E-state index contributed by atoms with van der Waals surface area (Å²) in [4.78, 5) is 8.88. The molecule has 1 aromatic heterocycles. The molecule has 3 rings (SSSR count). The van der Waals surface area contributed by atoms with Gasteiger partial charge in [-0.3, -0.25) is 0 Å². The highest BCUT2D eigenvalue weighted by Gasteiger charge is 2.25. The van der Waals surface area contributed by atoms with Crippen LogP contribution in [0.3, 0.4) is 0 Å². The minimum atomic E-state index is 0.432. The van der Waals surface area contributed by atoms with Gasteiger partial charge in [0.2, 0.25) is 5.95 Å². The van der Waals surface area contributed by atoms with E-state index in [0.717, 1.165) is 12.8 Å². The molecule has 0 bridgehead atoms. The molecule has 1 aliphatic carbocycles. The topological polar surface area (TPSA) is 37.8 Å². The molecule has 1 atom stereocenters. The van der Waals surface area contributed by atoms with E-state index in [4.69, 9.17) is 0 Å². The maximum absolute atomic E-state index is 4.61. The zero-order chi connectivity index (χ0) is 11.7. The molecule has 0 fully saturated rings. The largest absolute Gasteiger partial charge is 0.357 e. The number of nitrogens with zero attached hydrogens (tertiary/aromatic N) is 2. The van der Waals surface area contributed by atoms with Crippen molar-refractivity contribution in [1.29, 1.82) is 0 Å². The Morgan fingerprint density at radius 1 is 1.24 bits per heavy atom. The minimum absolute atomic E-state index is 0.432. The van der Waals surface area contributed by atoms with Gasteiger partial charge in [0, 0.05) is 19.2 Å². The molecule has 3 nitrogen and oxygen atoms in total. The lowest BCUT2D eigenvalue weighted by Crippen LogP contribution is -2.03. The van der Waals surface area contributed by atoms with Crippen LogP contribution >= 0.6 is 0 Å². The van der Waals surface area contributed by atoms with Crippen molar-refractivity contribution in [3.05, 3.63) is 53.3 Å². The van der Waals surface area contributed by atoms with Crippen LogP contribution in [0.2, 0.25) is 0 Å². The normalized spacial score (nSPS) is 17.8. The monoisotopic (exact) mass is 225 g/mol. The van der Waals surface area contributed by atoms with Gasteiger partial charge < -0.3 is 5.32 Å². The number of fused-ring (bicyclic) bond motifs is 1. The van der Waals surface area contributed by atoms with E-state index in [9.17, 15) is 0 Å². The van der Waals surface area contributed by atoms with Gasteiger partial charge in [-0.25, -0.2) is 9.97 Å². The average molecular weight is 225 g/mol. The standard InChI is InChI=1S/C14H15N3/c1-15-14-16-9-11-7-8-12(13(11)17-14)10-5-3-2-4-6-10/h2-6,9,12H,7-8H2,1H3,(H,15,16,17). The summed E-state index contributed by atoms with van der Waals surface area (Å²) in [5.41, 5.74) is 3.83. The van der Waals surface area contributed by atoms with Gasteiger partial charge in [-0.15, -0.1) is 0 Å². The number of nitrogens with one attached hydrogen (secondary N) is 1. The van der Waals surface area contributed by atoms with Crippen LogP contribution < -0.4 is 5.32 Å². The number of rotatable bonds is 2. The molecule has 1 heterocycles. The van der Waals surface area contributed by atoms with Crippen LogP contribution in [0.5, 0.6) is 0 Å². The molecule has 86 valence electrons. The molecule has 0 aliphatic heterocycles. The first-order chi connectivity index (χ1) is 8.38. The second kappa shape index (κ2) is 4.17. The van der Waals surface area contributed by atoms with Gasteiger partial charge in [0.05, 0.1) is 5.69 Å². The molecule has 1 aromatic carbocycles. The van der Waals surface area contributed by atoms with Crippen LogP contribution in [-0.2, 0) is 6.42 Å². The van der Waals surface area contributed by atoms with Gasteiger partial charge in [0.25, 0.3) is 0 Å². The second-order valence-corrected chi connectivity index (χ2v) is 4.36. The lowest BCUT2D eigenvalue weighted by atomic mass is 9.97. The van der Waals surface area contributed by atoms with Crippen molar-refractivity contribution in [2.75, 3.05) is 12.4 Å². The Labute approximate surface area is 101 Å². The smallest absolute Gasteiger partial charge is 0.222 e. The average Bonchev–Trinajstić information content (AvgIpc) is 2.82. The molecular formula is C14H15N3. The molecule has 17 heavy (non-hydrogen) atoms. The SMILES string of the molecule is CNc1ncc2c(n1)C(c1ccccc1)CC2. The Balaban J connectivity index is 2.03. The number of benzene rings is 1. The Kier molecular flexibility index (Phi) is 2.52. The Morgan fingerprint density at radius 2 is 2.06 bits per heavy atom. The van der Waals surface area contributed by atoms with Crippen LogP contribution in [0.1, 0.15) is 29.2 Å². The molecule has 1 aliphatic rings. The Bertz CT molecular complexity index is 522. The van der Waals surface area contributed by atoms with Crippen LogP contribution in [0.4, 0.5) is 5.95 Å². The number of aromatic nitrogens is 2. The summed E-state index contributed by atoms with van der Waals surface area (Å²) >= 11 is 0. The van der Waals surface area contributed by atoms with E-state index in [1.54, 1.807) is 0 Å². The molecular weight excluding hydrogens is 210 g/mol. The fourth-order valence-corrected chi connectivity index (χ4v) is 2.48. The van der Waals surface area contributed by atoms with Crippen LogP contribution in [-0.4, -0.2) is 17.0 Å². The van der Waals surface area contributed by atoms with E-state index in [1.807, 2.05) is 13.2 Å². The lowest BCUT2D eigenvalue weighted by molar-refractivity contribution is 0.772. The summed E-state index contributed by atoms with van der Waals surface area (Å²) in [7, 11) is 1.86. The van der Waals surface area contributed by atoms with Gasteiger partial charge in [-0.2, -0.15) is 0 Å². The molecule has 3 heteroatoms. The maximum atomic E-state index is 4.61. The van der Waals surface area contributed by atoms with Crippen molar-refractivity contribution in [3.8, 4) is 0 Å². The highest BCUT2D eigenvalue weighted by atomic mass is 15.1. The lowest BCUT2D eigenvalue weighted by Gasteiger charge is -2.11. The van der Waals surface area contributed by atoms with Gasteiger partial charge in [0.15, 0.2) is 0 Å². The summed E-state index contributed by atoms with van der Waals surface area (Å²) in [6, 6.07) is 10.6. The van der Waals surface area contributed by atoms with Crippen molar-refractivity contribution < 1.29 is 0 Å².